The molecule has 1 aromatic carbocycles. The molecule has 25 heavy (non-hydrogen) atoms. The van der Waals surface area contributed by atoms with E-state index in [1.165, 1.54) is 24.3 Å². The first-order valence-corrected chi connectivity index (χ1v) is 8.41. The molecular formula is C17H12ClN3O3S. The molecule has 0 saturated carbocycles. The third-order valence-electron chi connectivity index (χ3n) is 3.34. The van der Waals surface area contributed by atoms with Crippen LogP contribution in [0.15, 0.2) is 47.3 Å². The summed E-state index contributed by atoms with van der Waals surface area (Å²) in [5.74, 6) is -0.655. The molecule has 8 heteroatoms. The molecular weight excluding hydrogens is 362 g/mol. The lowest BCUT2D eigenvalue weighted by Gasteiger charge is -2.06. The number of ketones is 1. The molecule has 126 valence electrons. The standard InChI is InChI=1S/C17H12ClN3O3S/c1-9(22)10-3-2-4-11(7-10)19-16(23)13-8-12(20-17(24)21-13)14-5-6-15(18)25-14/h2-8H,1H3,(H,19,23)(H,20,21,24). The number of anilines is 1. The first-order chi connectivity index (χ1) is 11.9. The number of amides is 1. The SMILES string of the molecule is CC(=O)c1cccc(NC(=O)c2cc(-c3ccc(Cl)s3)[nH]c(=O)n2)c1. The van der Waals surface area contributed by atoms with E-state index in [1.54, 1.807) is 36.4 Å². The highest BCUT2D eigenvalue weighted by Gasteiger charge is 2.13. The second-order valence-corrected chi connectivity index (χ2v) is 6.90. The summed E-state index contributed by atoms with van der Waals surface area (Å²) in [5, 5.41) is 2.64. The molecule has 0 aliphatic rings. The minimum atomic E-state index is -0.635. The van der Waals surface area contributed by atoms with Gasteiger partial charge in [0.25, 0.3) is 5.91 Å². The summed E-state index contributed by atoms with van der Waals surface area (Å²) < 4.78 is 0.569. The largest absolute Gasteiger partial charge is 0.346 e. The zero-order chi connectivity index (χ0) is 18.0. The van der Waals surface area contributed by atoms with Gasteiger partial charge in [0.15, 0.2) is 5.78 Å². The summed E-state index contributed by atoms with van der Waals surface area (Å²) in [6.45, 7) is 1.44. The van der Waals surface area contributed by atoms with E-state index in [1.807, 2.05) is 0 Å². The monoisotopic (exact) mass is 373 g/mol. The summed E-state index contributed by atoms with van der Waals surface area (Å²) in [7, 11) is 0. The lowest BCUT2D eigenvalue weighted by atomic mass is 10.1. The Hall–Kier alpha value is -2.77. The highest BCUT2D eigenvalue weighted by atomic mass is 35.5. The first kappa shape index (κ1) is 17.1. The van der Waals surface area contributed by atoms with Gasteiger partial charge in [-0.05, 0) is 37.3 Å². The fourth-order valence-electron chi connectivity index (χ4n) is 2.18. The van der Waals surface area contributed by atoms with Crippen LogP contribution in [-0.2, 0) is 0 Å². The molecule has 0 aliphatic carbocycles. The van der Waals surface area contributed by atoms with Gasteiger partial charge in [0.1, 0.15) is 5.69 Å². The van der Waals surface area contributed by atoms with Crippen LogP contribution in [0.1, 0.15) is 27.8 Å². The number of aromatic amines is 1. The predicted molar refractivity (Wildman–Crippen MR) is 97.6 cm³/mol. The van der Waals surface area contributed by atoms with Gasteiger partial charge in [-0.25, -0.2) is 4.79 Å². The second-order valence-electron chi connectivity index (χ2n) is 5.18. The molecule has 1 amide bonds. The van der Waals surface area contributed by atoms with Crippen LogP contribution in [0.4, 0.5) is 5.69 Å². The molecule has 0 saturated heterocycles. The Morgan fingerprint density at radius 3 is 2.68 bits per heavy atom. The number of rotatable bonds is 4. The molecule has 0 radical (unpaired) electrons. The maximum Gasteiger partial charge on any atom is 0.346 e. The summed E-state index contributed by atoms with van der Waals surface area (Å²) >= 11 is 7.18. The van der Waals surface area contributed by atoms with Crippen molar-refractivity contribution in [1.29, 1.82) is 0 Å². The Morgan fingerprint density at radius 1 is 1.20 bits per heavy atom. The molecule has 0 atom stereocenters. The number of aromatic nitrogens is 2. The number of hydrogen-bond acceptors (Lipinski definition) is 5. The van der Waals surface area contributed by atoms with E-state index in [0.29, 0.717) is 21.3 Å². The maximum atomic E-state index is 12.4. The predicted octanol–water partition coefficient (Wildman–Crippen LogP) is 3.61. The zero-order valence-corrected chi connectivity index (χ0v) is 14.6. The minimum absolute atomic E-state index is 0.0310. The van der Waals surface area contributed by atoms with Crippen LogP contribution >= 0.6 is 22.9 Å². The lowest BCUT2D eigenvalue weighted by molar-refractivity contribution is 0.100. The van der Waals surface area contributed by atoms with Crippen LogP contribution in [-0.4, -0.2) is 21.7 Å². The fourth-order valence-corrected chi connectivity index (χ4v) is 3.19. The van der Waals surface area contributed by atoms with E-state index >= 15 is 0 Å². The van der Waals surface area contributed by atoms with Crippen molar-refractivity contribution in [3.8, 4) is 10.6 Å². The van der Waals surface area contributed by atoms with E-state index in [0.717, 1.165) is 4.88 Å². The molecule has 3 rings (SSSR count). The van der Waals surface area contributed by atoms with Crippen LogP contribution in [0.2, 0.25) is 4.34 Å². The molecule has 2 N–H and O–H groups in total. The van der Waals surface area contributed by atoms with Gasteiger partial charge in [-0.15, -0.1) is 11.3 Å². The van der Waals surface area contributed by atoms with Crippen molar-refractivity contribution < 1.29 is 9.59 Å². The molecule has 0 unspecified atom stereocenters. The van der Waals surface area contributed by atoms with Crippen molar-refractivity contribution in [3.05, 3.63) is 68.5 Å². The summed E-state index contributed by atoms with van der Waals surface area (Å²) in [6.07, 6.45) is 0. The molecule has 2 aromatic heterocycles. The van der Waals surface area contributed by atoms with Gasteiger partial charge in [-0.2, -0.15) is 4.98 Å². The first-order valence-electron chi connectivity index (χ1n) is 7.22. The van der Waals surface area contributed by atoms with Crippen molar-refractivity contribution in [3.63, 3.8) is 0 Å². The number of carbonyl (C=O) groups excluding carboxylic acids is 2. The topological polar surface area (TPSA) is 91.9 Å². The van der Waals surface area contributed by atoms with E-state index in [-0.39, 0.29) is 11.5 Å². The van der Waals surface area contributed by atoms with E-state index in [9.17, 15) is 14.4 Å². The molecule has 0 spiro atoms. The number of benzene rings is 1. The van der Waals surface area contributed by atoms with Gasteiger partial charge < -0.3 is 10.3 Å². The molecule has 6 nitrogen and oxygen atoms in total. The van der Waals surface area contributed by atoms with Crippen LogP contribution in [0, 0.1) is 0 Å². The number of halogens is 1. The Bertz CT molecular complexity index is 1030. The Balaban J connectivity index is 1.90. The van der Waals surface area contributed by atoms with Crippen molar-refractivity contribution in [2.45, 2.75) is 6.92 Å². The number of carbonyl (C=O) groups is 2. The number of nitrogens with one attached hydrogen (secondary N) is 2. The third kappa shape index (κ3) is 4.01. The van der Waals surface area contributed by atoms with Gasteiger partial charge in [-0.1, -0.05) is 23.7 Å². The van der Waals surface area contributed by atoms with Gasteiger partial charge in [0.05, 0.1) is 14.9 Å². The quantitative estimate of drug-likeness (QED) is 0.683. The fraction of sp³-hybridized carbons (Fsp3) is 0.0588. The molecule has 0 bridgehead atoms. The van der Waals surface area contributed by atoms with Gasteiger partial charge in [-0.3, -0.25) is 9.59 Å². The second kappa shape index (κ2) is 7.00. The lowest BCUT2D eigenvalue weighted by Crippen LogP contribution is -2.21. The summed E-state index contributed by atoms with van der Waals surface area (Å²) in [6, 6.07) is 11.5. The Kier molecular flexibility index (Phi) is 4.78. The Labute approximate surface area is 151 Å². The highest BCUT2D eigenvalue weighted by Crippen LogP contribution is 2.29. The molecule has 0 aliphatic heterocycles. The minimum Gasteiger partial charge on any atom is -0.321 e. The number of Topliss-reactive ketones (excluding diaryl/α,β-unsaturated/α-hetero) is 1. The number of H-pyrrole nitrogens is 1. The van der Waals surface area contributed by atoms with Crippen LogP contribution < -0.4 is 11.0 Å². The van der Waals surface area contributed by atoms with Gasteiger partial charge in [0, 0.05) is 11.3 Å². The number of hydrogen-bond donors (Lipinski definition) is 2. The van der Waals surface area contributed by atoms with Crippen molar-refractivity contribution in [2.75, 3.05) is 5.32 Å². The van der Waals surface area contributed by atoms with Gasteiger partial charge in [0.2, 0.25) is 0 Å². The Morgan fingerprint density at radius 2 is 2.00 bits per heavy atom. The van der Waals surface area contributed by atoms with E-state index in [4.69, 9.17) is 11.6 Å². The normalized spacial score (nSPS) is 10.5. The smallest absolute Gasteiger partial charge is 0.321 e. The molecule has 3 aromatic rings. The van der Waals surface area contributed by atoms with Crippen molar-refractivity contribution in [2.24, 2.45) is 0 Å². The van der Waals surface area contributed by atoms with E-state index in [2.05, 4.69) is 15.3 Å². The third-order valence-corrected chi connectivity index (χ3v) is 4.61. The highest BCUT2D eigenvalue weighted by molar-refractivity contribution is 7.19. The summed E-state index contributed by atoms with van der Waals surface area (Å²) in [5.41, 5.74) is 0.715. The van der Waals surface area contributed by atoms with Crippen LogP contribution in [0.5, 0.6) is 0 Å². The molecule has 0 fully saturated rings. The van der Waals surface area contributed by atoms with Crippen LogP contribution in [0.3, 0.4) is 0 Å². The molecule has 2 heterocycles. The average Bonchev–Trinajstić information content (AvgIpc) is 3.01. The van der Waals surface area contributed by atoms with Crippen LogP contribution in [0.25, 0.3) is 10.6 Å². The van der Waals surface area contributed by atoms with E-state index < -0.39 is 11.6 Å². The van der Waals surface area contributed by atoms with Crippen molar-refractivity contribution in [1.82, 2.24) is 9.97 Å². The van der Waals surface area contributed by atoms with Gasteiger partial charge >= 0.3 is 5.69 Å². The summed E-state index contributed by atoms with van der Waals surface area (Å²) in [4.78, 5) is 42.6. The van der Waals surface area contributed by atoms with Crippen molar-refractivity contribution >= 4 is 40.3 Å². The zero-order valence-electron chi connectivity index (χ0n) is 13.0. The number of thiophene rings is 1. The maximum absolute atomic E-state index is 12.4. The number of nitrogens with zero attached hydrogens (tertiary/aromatic N) is 1. The average molecular weight is 374 g/mol.